The van der Waals surface area contributed by atoms with Crippen LogP contribution in [0.2, 0.25) is 5.02 Å². The van der Waals surface area contributed by atoms with Gasteiger partial charge in [0.15, 0.2) is 0 Å². The Morgan fingerprint density at radius 3 is 2.56 bits per heavy atom. The monoisotopic (exact) mass is 267 g/mol. The van der Waals surface area contributed by atoms with Gasteiger partial charge < -0.3 is 10.0 Å². The van der Waals surface area contributed by atoms with Crippen LogP contribution in [0.15, 0.2) is 24.3 Å². The van der Waals surface area contributed by atoms with Crippen LogP contribution in [-0.2, 0) is 4.79 Å². The average molecular weight is 268 g/mol. The molecule has 1 fully saturated rings. The van der Waals surface area contributed by atoms with Gasteiger partial charge in [0.1, 0.15) is 0 Å². The lowest BCUT2D eigenvalue weighted by Gasteiger charge is -2.41. The lowest BCUT2D eigenvalue weighted by Crippen LogP contribution is -2.53. The smallest absolute Gasteiger partial charge is 0.306 e. The van der Waals surface area contributed by atoms with E-state index in [1.54, 1.807) is 36.1 Å². The van der Waals surface area contributed by atoms with E-state index in [2.05, 4.69) is 0 Å². The van der Waals surface area contributed by atoms with Crippen molar-refractivity contribution in [3.05, 3.63) is 34.9 Å². The lowest BCUT2D eigenvalue weighted by molar-refractivity contribution is -0.144. The zero-order chi connectivity index (χ0) is 13.3. The Labute approximate surface area is 110 Å². The molecule has 1 amide bonds. The fourth-order valence-electron chi connectivity index (χ4n) is 2.00. The molecule has 1 aliphatic heterocycles. The van der Waals surface area contributed by atoms with Gasteiger partial charge in [0.05, 0.1) is 16.5 Å². The summed E-state index contributed by atoms with van der Waals surface area (Å²) >= 11 is 5.95. The summed E-state index contributed by atoms with van der Waals surface area (Å²) in [5.74, 6) is -1.33. The van der Waals surface area contributed by atoms with Crippen molar-refractivity contribution in [1.82, 2.24) is 4.90 Å². The predicted molar refractivity (Wildman–Crippen MR) is 67.6 cm³/mol. The van der Waals surface area contributed by atoms with Crippen molar-refractivity contribution in [3.8, 4) is 0 Å². The maximum absolute atomic E-state index is 12.1. The van der Waals surface area contributed by atoms with Crippen LogP contribution in [0.3, 0.4) is 0 Å². The molecule has 5 heteroatoms. The van der Waals surface area contributed by atoms with Gasteiger partial charge in [-0.15, -0.1) is 0 Å². The highest BCUT2D eigenvalue weighted by Crippen LogP contribution is 2.27. The van der Waals surface area contributed by atoms with Crippen LogP contribution < -0.4 is 0 Å². The Kier molecular flexibility index (Phi) is 3.57. The molecule has 96 valence electrons. The summed E-state index contributed by atoms with van der Waals surface area (Å²) in [5.41, 5.74) is 0.473. The third-order valence-corrected chi connectivity index (χ3v) is 3.73. The zero-order valence-electron chi connectivity index (χ0n) is 9.97. The molecule has 1 N–H and O–H groups in total. The standard InChI is InChI=1S/C13H14ClNO3/c1-8(13(17)18)9-6-15(7-9)12(16)10-4-2-3-5-11(10)14/h2-5,8-9H,6-7H2,1H3,(H,17,18). The van der Waals surface area contributed by atoms with Crippen molar-refractivity contribution in [2.45, 2.75) is 6.92 Å². The maximum Gasteiger partial charge on any atom is 0.306 e. The molecule has 1 aliphatic rings. The van der Waals surface area contributed by atoms with E-state index >= 15 is 0 Å². The van der Waals surface area contributed by atoms with Gasteiger partial charge in [0.25, 0.3) is 5.91 Å². The molecule has 0 radical (unpaired) electrons. The van der Waals surface area contributed by atoms with Crippen molar-refractivity contribution in [2.75, 3.05) is 13.1 Å². The summed E-state index contributed by atoms with van der Waals surface area (Å²) in [6.07, 6.45) is 0. The summed E-state index contributed by atoms with van der Waals surface area (Å²) < 4.78 is 0. The van der Waals surface area contributed by atoms with Gasteiger partial charge in [-0.3, -0.25) is 9.59 Å². The molecule has 1 unspecified atom stereocenters. The molecule has 1 heterocycles. The number of nitrogens with zero attached hydrogens (tertiary/aromatic N) is 1. The van der Waals surface area contributed by atoms with Gasteiger partial charge in [-0.05, 0) is 12.1 Å². The molecular weight excluding hydrogens is 254 g/mol. The Bertz CT molecular complexity index is 483. The van der Waals surface area contributed by atoms with E-state index in [9.17, 15) is 9.59 Å². The van der Waals surface area contributed by atoms with Gasteiger partial charge in [0, 0.05) is 19.0 Å². The van der Waals surface area contributed by atoms with E-state index in [1.807, 2.05) is 0 Å². The molecule has 1 aromatic rings. The number of aliphatic carboxylic acids is 1. The zero-order valence-corrected chi connectivity index (χ0v) is 10.7. The van der Waals surface area contributed by atoms with Gasteiger partial charge in [0.2, 0.25) is 0 Å². The van der Waals surface area contributed by atoms with Crippen molar-refractivity contribution < 1.29 is 14.7 Å². The SMILES string of the molecule is CC(C(=O)O)C1CN(C(=O)c2ccccc2Cl)C1. The van der Waals surface area contributed by atoms with Crippen molar-refractivity contribution in [1.29, 1.82) is 0 Å². The number of benzene rings is 1. The van der Waals surface area contributed by atoms with Gasteiger partial charge in [-0.25, -0.2) is 0 Å². The highest BCUT2D eigenvalue weighted by Gasteiger charge is 2.37. The summed E-state index contributed by atoms with van der Waals surface area (Å²) in [6.45, 7) is 2.64. The Morgan fingerprint density at radius 2 is 2.00 bits per heavy atom. The summed E-state index contributed by atoms with van der Waals surface area (Å²) in [7, 11) is 0. The summed E-state index contributed by atoms with van der Waals surface area (Å²) in [5, 5.41) is 9.31. The highest BCUT2D eigenvalue weighted by molar-refractivity contribution is 6.33. The van der Waals surface area contributed by atoms with Crippen LogP contribution in [0, 0.1) is 11.8 Å². The second-order valence-corrected chi connectivity index (χ2v) is 4.98. The number of rotatable bonds is 3. The van der Waals surface area contributed by atoms with Crippen molar-refractivity contribution in [3.63, 3.8) is 0 Å². The number of hydrogen-bond acceptors (Lipinski definition) is 2. The normalized spacial score (nSPS) is 17.1. The van der Waals surface area contributed by atoms with E-state index in [1.165, 1.54) is 0 Å². The highest BCUT2D eigenvalue weighted by atomic mass is 35.5. The number of carboxylic acids is 1. The summed E-state index contributed by atoms with van der Waals surface area (Å²) in [6, 6.07) is 6.88. The third-order valence-electron chi connectivity index (χ3n) is 3.40. The van der Waals surface area contributed by atoms with E-state index in [4.69, 9.17) is 16.7 Å². The van der Waals surface area contributed by atoms with Crippen LogP contribution in [0.4, 0.5) is 0 Å². The van der Waals surface area contributed by atoms with Gasteiger partial charge in [-0.2, -0.15) is 0 Å². The number of amides is 1. The first-order valence-corrected chi connectivity index (χ1v) is 6.15. The Balaban J connectivity index is 1.99. The molecule has 4 nitrogen and oxygen atoms in total. The topological polar surface area (TPSA) is 57.6 Å². The third kappa shape index (κ3) is 2.34. The molecule has 0 bridgehead atoms. The lowest BCUT2D eigenvalue weighted by atomic mass is 9.86. The number of carbonyl (C=O) groups is 2. The van der Waals surface area contributed by atoms with Crippen molar-refractivity contribution in [2.24, 2.45) is 11.8 Å². The van der Waals surface area contributed by atoms with E-state index < -0.39 is 11.9 Å². The predicted octanol–water partition coefficient (Wildman–Crippen LogP) is 2.13. The van der Waals surface area contributed by atoms with Crippen LogP contribution >= 0.6 is 11.6 Å². The molecule has 18 heavy (non-hydrogen) atoms. The summed E-state index contributed by atoms with van der Waals surface area (Å²) in [4.78, 5) is 24.5. The number of likely N-dealkylation sites (tertiary alicyclic amines) is 1. The van der Waals surface area contributed by atoms with Gasteiger partial charge in [-0.1, -0.05) is 30.7 Å². The fourth-order valence-corrected chi connectivity index (χ4v) is 2.22. The van der Waals surface area contributed by atoms with Crippen LogP contribution in [0.25, 0.3) is 0 Å². The molecule has 1 atom stereocenters. The minimum absolute atomic E-state index is 0.0361. The average Bonchev–Trinajstić information content (AvgIpc) is 2.27. The molecular formula is C13H14ClNO3. The second-order valence-electron chi connectivity index (χ2n) is 4.58. The minimum atomic E-state index is -0.815. The van der Waals surface area contributed by atoms with Crippen LogP contribution in [0.1, 0.15) is 17.3 Å². The quantitative estimate of drug-likeness (QED) is 0.913. The minimum Gasteiger partial charge on any atom is -0.481 e. The number of hydrogen-bond donors (Lipinski definition) is 1. The van der Waals surface area contributed by atoms with Gasteiger partial charge >= 0.3 is 5.97 Å². The Morgan fingerprint density at radius 1 is 1.39 bits per heavy atom. The number of carboxylic acid groups (broad SMARTS) is 1. The largest absolute Gasteiger partial charge is 0.481 e. The number of halogens is 1. The van der Waals surface area contributed by atoms with Crippen LogP contribution in [-0.4, -0.2) is 35.0 Å². The molecule has 0 aromatic heterocycles. The first-order chi connectivity index (χ1) is 8.50. The first-order valence-electron chi connectivity index (χ1n) is 5.77. The molecule has 1 aromatic carbocycles. The van der Waals surface area contributed by atoms with Crippen molar-refractivity contribution >= 4 is 23.5 Å². The van der Waals surface area contributed by atoms with E-state index in [0.29, 0.717) is 23.7 Å². The molecule has 0 spiro atoms. The molecule has 0 saturated carbocycles. The van der Waals surface area contributed by atoms with E-state index in [-0.39, 0.29) is 11.8 Å². The maximum atomic E-state index is 12.1. The molecule has 2 rings (SSSR count). The fraction of sp³-hybridized carbons (Fsp3) is 0.385. The van der Waals surface area contributed by atoms with Crippen LogP contribution in [0.5, 0.6) is 0 Å². The Hall–Kier alpha value is -1.55. The molecule has 1 saturated heterocycles. The molecule has 0 aliphatic carbocycles. The second kappa shape index (κ2) is 4.98. The first kappa shape index (κ1) is 12.9. The van der Waals surface area contributed by atoms with E-state index in [0.717, 1.165) is 0 Å². The number of carbonyl (C=O) groups excluding carboxylic acids is 1.